The quantitative estimate of drug-likeness (QED) is 0.857. The molecule has 0 aliphatic rings. The van der Waals surface area contributed by atoms with Gasteiger partial charge in [-0.05, 0) is 25.5 Å². The maximum Gasteiger partial charge on any atom is 0.246 e. The average Bonchev–Trinajstić information content (AvgIpc) is 2.80. The third-order valence-corrected chi connectivity index (χ3v) is 2.76. The van der Waals surface area contributed by atoms with Crippen molar-refractivity contribution in [1.82, 2.24) is 15.0 Å². The number of nitrogens with two attached hydrogens (primary N) is 1. The van der Waals surface area contributed by atoms with Crippen molar-refractivity contribution in [2.75, 3.05) is 5.32 Å². The zero-order valence-corrected chi connectivity index (χ0v) is 11.1. The molecule has 2 aromatic rings. The summed E-state index contributed by atoms with van der Waals surface area (Å²) in [5.41, 5.74) is 9.12. The first-order valence-corrected chi connectivity index (χ1v) is 6.04. The van der Waals surface area contributed by atoms with E-state index in [2.05, 4.69) is 15.6 Å². The van der Waals surface area contributed by atoms with Crippen molar-refractivity contribution < 1.29 is 4.79 Å². The van der Waals surface area contributed by atoms with Gasteiger partial charge in [-0.3, -0.25) is 4.79 Å². The predicted octanol–water partition coefficient (Wildman–Crippen LogP) is 0.992. The van der Waals surface area contributed by atoms with Crippen LogP contribution in [0.2, 0.25) is 0 Å². The molecule has 19 heavy (non-hydrogen) atoms. The summed E-state index contributed by atoms with van der Waals surface area (Å²) in [6.45, 7) is 4.42. The lowest BCUT2D eigenvalue weighted by molar-refractivity contribution is -0.116. The van der Waals surface area contributed by atoms with E-state index in [-0.39, 0.29) is 12.5 Å². The number of rotatable bonds is 4. The van der Waals surface area contributed by atoms with E-state index in [0.29, 0.717) is 12.2 Å². The summed E-state index contributed by atoms with van der Waals surface area (Å²) in [5, 5.41) is 10.5. The Morgan fingerprint density at radius 3 is 2.84 bits per heavy atom. The highest BCUT2D eigenvalue weighted by atomic mass is 16.2. The number of carbonyl (C=O) groups excluding carboxylic acids is 1. The van der Waals surface area contributed by atoms with Crippen LogP contribution in [0.1, 0.15) is 16.8 Å². The van der Waals surface area contributed by atoms with Gasteiger partial charge in [-0.15, -0.1) is 5.10 Å². The molecule has 0 aliphatic carbocycles. The number of amides is 1. The molecule has 0 radical (unpaired) electrons. The fraction of sp³-hybridized carbons (Fsp3) is 0.308. The topological polar surface area (TPSA) is 85.8 Å². The van der Waals surface area contributed by atoms with Gasteiger partial charge < -0.3 is 11.1 Å². The van der Waals surface area contributed by atoms with Crippen LogP contribution in [0.4, 0.5) is 5.69 Å². The van der Waals surface area contributed by atoms with E-state index in [1.54, 1.807) is 6.20 Å². The fourth-order valence-corrected chi connectivity index (χ4v) is 1.80. The van der Waals surface area contributed by atoms with E-state index in [1.807, 2.05) is 32.0 Å². The second-order valence-corrected chi connectivity index (χ2v) is 4.48. The smallest absolute Gasteiger partial charge is 0.246 e. The first-order chi connectivity index (χ1) is 9.08. The third kappa shape index (κ3) is 3.38. The van der Waals surface area contributed by atoms with Crippen LogP contribution in [0.15, 0.2) is 24.4 Å². The standard InChI is InChI=1S/C13H17N5O/c1-9-3-4-12(10(2)5-9)15-13(19)8-18-7-11(6-14)16-17-18/h3-5,7H,6,8,14H2,1-2H3,(H,15,19). The minimum absolute atomic E-state index is 0.125. The van der Waals surface area contributed by atoms with Crippen LogP contribution in [-0.4, -0.2) is 20.9 Å². The number of aromatic nitrogens is 3. The Hall–Kier alpha value is -2.21. The molecule has 100 valence electrons. The summed E-state index contributed by atoms with van der Waals surface area (Å²) in [6.07, 6.45) is 1.67. The number of hydrogen-bond donors (Lipinski definition) is 2. The van der Waals surface area contributed by atoms with Gasteiger partial charge in [-0.2, -0.15) is 0 Å². The number of aryl methyl sites for hydroxylation is 2. The van der Waals surface area contributed by atoms with Gasteiger partial charge in [-0.25, -0.2) is 4.68 Å². The molecule has 6 heteroatoms. The number of hydrogen-bond acceptors (Lipinski definition) is 4. The van der Waals surface area contributed by atoms with Crippen molar-refractivity contribution in [2.24, 2.45) is 5.73 Å². The molecule has 0 bridgehead atoms. The Morgan fingerprint density at radius 2 is 2.21 bits per heavy atom. The van der Waals surface area contributed by atoms with Crippen LogP contribution in [0.25, 0.3) is 0 Å². The lowest BCUT2D eigenvalue weighted by atomic mass is 10.1. The molecule has 1 amide bonds. The van der Waals surface area contributed by atoms with Crippen LogP contribution in [-0.2, 0) is 17.9 Å². The highest BCUT2D eigenvalue weighted by Crippen LogP contribution is 2.15. The molecule has 0 unspecified atom stereocenters. The van der Waals surface area contributed by atoms with Crippen molar-refractivity contribution in [3.05, 3.63) is 41.2 Å². The molecule has 6 nitrogen and oxygen atoms in total. The normalized spacial score (nSPS) is 10.5. The maximum absolute atomic E-state index is 11.9. The number of nitrogens with one attached hydrogen (secondary N) is 1. The Balaban J connectivity index is 2.01. The summed E-state index contributed by atoms with van der Waals surface area (Å²) in [5.74, 6) is -0.138. The highest BCUT2D eigenvalue weighted by Gasteiger charge is 2.07. The van der Waals surface area contributed by atoms with Crippen molar-refractivity contribution in [3.8, 4) is 0 Å². The summed E-state index contributed by atoms with van der Waals surface area (Å²) in [6, 6.07) is 5.89. The van der Waals surface area contributed by atoms with Crippen LogP contribution >= 0.6 is 0 Å². The summed E-state index contributed by atoms with van der Waals surface area (Å²) in [4.78, 5) is 11.9. The average molecular weight is 259 g/mol. The summed E-state index contributed by atoms with van der Waals surface area (Å²) < 4.78 is 1.47. The molecule has 0 fully saturated rings. The largest absolute Gasteiger partial charge is 0.325 e. The monoisotopic (exact) mass is 259 g/mol. The van der Waals surface area contributed by atoms with Crippen molar-refractivity contribution in [2.45, 2.75) is 26.9 Å². The van der Waals surface area contributed by atoms with Crippen LogP contribution in [0.3, 0.4) is 0 Å². The number of carbonyl (C=O) groups is 1. The minimum Gasteiger partial charge on any atom is -0.325 e. The Kier molecular flexibility index (Phi) is 3.91. The van der Waals surface area contributed by atoms with Gasteiger partial charge in [-0.1, -0.05) is 22.9 Å². The zero-order chi connectivity index (χ0) is 13.8. The Bertz CT molecular complexity index is 590. The van der Waals surface area contributed by atoms with Crippen LogP contribution < -0.4 is 11.1 Å². The molecule has 3 N–H and O–H groups in total. The molecule has 0 spiro atoms. The molecule has 2 rings (SSSR count). The second-order valence-electron chi connectivity index (χ2n) is 4.48. The van der Waals surface area contributed by atoms with Crippen LogP contribution in [0.5, 0.6) is 0 Å². The molecule has 1 aromatic carbocycles. The summed E-state index contributed by atoms with van der Waals surface area (Å²) >= 11 is 0. The molecule has 0 aliphatic heterocycles. The molecular formula is C13H17N5O. The van der Waals surface area contributed by atoms with Crippen LogP contribution in [0, 0.1) is 13.8 Å². The third-order valence-electron chi connectivity index (χ3n) is 2.76. The molecule has 1 aromatic heterocycles. The Morgan fingerprint density at radius 1 is 1.42 bits per heavy atom. The van der Waals surface area contributed by atoms with E-state index >= 15 is 0 Å². The maximum atomic E-state index is 11.9. The highest BCUT2D eigenvalue weighted by molar-refractivity contribution is 5.91. The minimum atomic E-state index is -0.138. The lowest BCUT2D eigenvalue weighted by Crippen LogP contribution is -2.19. The lowest BCUT2D eigenvalue weighted by Gasteiger charge is -2.08. The molecular weight excluding hydrogens is 242 g/mol. The second kappa shape index (κ2) is 5.62. The first-order valence-electron chi connectivity index (χ1n) is 6.04. The SMILES string of the molecule is Cc1ccc(NC(=O)Cn2cc(CN)nn2)c(C)c1. The van der Waals surface area contributed by atoms with Gasteiger partial charge in [0.25, 0.3) is 0 Å². The van der Waals surface area contributed by atoms with Gasteiger partial charge >= 0.3 is 0 Å². The van der Waals surface area contributed by atoms with Gasteiger partial charge in [0.1, 0.15) is 6.54 Å². The van der Waals surface area contributed by atoms with E-state index in [0.717, 1.165) is 11.3 Å². The fourth-order valence-electron chi connectivity index (χ4n) is 1.80. The zero-order valence-electron chi connectivity index (χ0n) is 11.1. The number of benzene rings is 1. The number of anilines is 1. The van der Waals surface area contributed by atoms with E-state index in [9.17, 15) is 4.79 Å². The van der Waals surface area contributed by atoms with Crippen molar-refractivity contribution >= 4 is 11.6 Å². The molecule has 0 atom stereocenters. The van der Waals surface area contributed by atoms with Gasteiger partial charge in [0.2, 0.25) is 5.91 Å². The Labute approximate surface area is 111 Å². The number of nitrogens with zero attached hydrogens (tertiary/aromatic N) is 3. The van der Waals surface area contributed by atoms with Gasteiger partial charge in [0.05, 0.1) is 11.9 Å². The van der Waals surface area contributed by atoms with Gasteiger partial charge in [0, 0.05) is 12.2 Å². The molecule has 0 saturated heterocycles. The molecule has 1 heterocycles. The molecule has 0 saturated carbocycles. The van der Waals surface area contributed by atoms with E-state index in [1.165, 1.54) is 10.2 Å². The van der Waals surface area contributed by atoms with E-state index < -0.39 is 0 Å². The predicted molar refractivity (Wildman–Crippen MR) is 72.5 cm³/mol. The first kappa shape index (κ1) is 13.2. The van der Waals surface area contributed by atoms with Crippen molar-refractivity contribution in [1.29, 1.82) is 0 Å². The summed E-state index contributed by atoms with van der Waals surface area (Å²) in [7, 11) is 0. The van der Waals surface area contributed by atoms with Crippen molar-refractivity contribution in [3.63, 3.8) is 0 Å². The van der Waals surface area contributed by atoms with Gasteiger partial charge in [0.15, 0.2) is 0 Å². The van der Waals surface area contributed by atoms with E-state index in [4.69, 9.17) is 5.73 Å².